The van der Waals surface area contributed by atoms with Gasteiger partial charge in [0.25, 0.3) is 0 Å². The minimum absolute atomic E-state index is 0.358. The van der Waals surface area contributed by atoms with Crippen molar-refractivity contribution in [1.29, 1.82) is 0 Å². The van der Waals surface area contributed by atoms with Gasteiger partial charge in [0.2, 0.25) is 0 Å². The first kappa shape index (κ1) is 21.8. The zero-order chi connectivity index (χ0) is 19.0. The van der Waals surface area contributed by atoms with Crippen LogP contribution in [0.25, 0.3) is 0 Å². The number of halogens is 4. The standard InChI is InChI=1S/C16H27BrF3N5/c1-5-21-15(22-7-6-8-23(2)12-16(18,19)20)25(4)11-14-9-13(17)10-24(14)3/h9-10H,5-8,11-12H2,1-4H3,(H,21,22). The fraction of sp³-hybridized carbons (Fsp3) is 0.688. The van der Waals surface area contributed by atoms with Gasteiger partial charge < -0.3 is 14.8 Å². The molecule has 1 rings (SSSR count). The Morgan fingerprint density at radius 1 is 1.36 bits per heavy atom. The lowest BCUT2D eigenvalue weighted by Gasteiger charge is -2.22. The molecule has 0 radical (unpaired) electrons. The van der Waals surface area contributed by atoms with Crippen LogP contribution in [-0.2, 0) is 13.6 Å². The summed E-state index contributed by atoms with van der Waals surface area (Å²) in [6, 6.07) is 2.05. The summed E-state index contributed by atoms with van der Waals surface area (Å²) in [6.45, 7) is 3.34. The van der Waals surface area contributed by atoms with Crippen LogP contribution >= 0.6 is 15.9 Å². The molecule has 0 fully saturated rings. The highest BCUT2D eigenvalue weighted by Gasteiger charge is 2.28. The number of hydrogen-bond acceptors (Lipinski definition) is 2. The highest BCUT2D eigenvalue weighted by Crippen LogP contribution is 2.16. The van der Waals surface area contributed by atoms with Crippen molar-refractivity contribution < 1.29 is 13.2 Å². The first-order valence-corrected chi connectivity index (χ1v) is 8.97. The average Bonchev–Trinajstić information content (AvgIpc) is 2.78. The molecule has 0 bridgehead atoms. The Bertz CT molecular complexity index is 556. The Balaban J connectivity index is 2.54. The van der Waals surface area contributed by atoms with Crippen molar-refractivity contribution in [2.24, 2.45) is 12.0 Å². The minimum Gasteiger partial charge on any atom is -0.357 e. The Morgan fingerprint density at radius 2 is 2.04 bits per heavy atom. The molecule has 1 N–H and O–H groups in total. The Morgan fingerprint density at radius 3 is 2.56 bits per heavy atom. The van der Waals surface area contributed by atoms with Gasteiger partial charge >= 0.3 is 6.18 Å². The van der Waals surface area contributed by atoms with Gasteiger partial charge in [-0.25, -0.2) is 0 Å². The smallest absolute Gasteiger partial charge is 0.357 e. The molecule has 1 aromatic rings. The molecule has 25 heavy (non-hydrogen) atoms. The van der Waals surface area contributed by atoms with Gasteiger partial charge in [0.1, 0.15) is 0 Å². The number of aryl methyl sites for hydroxylation is 1. The van der Waals surface area contributed by atoms with Crippen LogP contribution in [0.2, 0.25) is 0 Å². The number of hydrogen-bond donors (Lipinski definition) is 1. The first-order valence-electron chi connectivity index (χ1n) is 8.18. The fourth-order valence-corrected chi connectivity index (χ4v) is 2.99. The highest BCUT2D eigenvalue weighted by atomic mass is 79.9. The fourth-order valence-electron chi connectivity index (χ4n) is 2.42. The van der Waals surface area contributed by atoms with E-state index in [1.165, 1.54) is 11.9 Å². The van der Waals surface area contributed by atoms with Crippen molar-refractivity contribution in [3.63, 3.8) is 0 Å². The van der Waals surface area contributed by atoms with Crippen LogP contribution in [0, 0.1) is 0 Å². The quantitative estimate of drug-likeness (QED) is 0.395. The van der Waals surface area contributed by atoms with Gasteiger partial charge in [-0.3, -0.25) is 9.89 Å². The third-order valence-corrected chi connectivity index (χ3v) is 4.01. The number of nitrogens with one attached hydrogen (secondary N) is 1. The molecule has 0 atom stereocenters. The second-order valence-electron chi connectivity index (χ2n) is 6.06. The highest BCUT2D eigenvalue weighted by molar-refractivity contribution is 9.10. The maximum absolute atomic E-state index is 12.3. The number of nitrogens with zero attached hydrogens (tertiary/aromatic N) is 4. The largest absolute Gasteiger partial charge is 0.401 e. The summed E-state index contributed by atoms with van der Waals surface area (Å²) in [5.74, 6) is 0.748. The molecule has 0 saturated carbocycles. The molecule has 144 valence electrons. The van der Waals surface area contributed by atoms with Gasteiger partial charge in [-0.1, -0.05) is 0 Å². The van der Waals surface area contributed by atoms with E-state index in [0.29, 0.717) is 26.1 Å². The zero-order valence-corrected chi connectivity index (χ0v) is 16.8. The van der Waals surface area contributed by atoms with Gasteiger partial charge in [-0.15, -0.1) is 0 Å². The molecule has 9 heteroatoms. The summed E-state index contributed by atoms with van der Waals surface area (Å²) in [5.41, 5.74) is 1.13. The normalized spacial score (nSPS) is 12.8. The van der Waals surface area contributed by atoms with E-state index in [1.54, 1.807) is 0 Å². The van der Waals surface area contributed by atoms with Crippen molar-refractivity contribution in [2.45, 2.75) is 26.1 Å². The number of rotatable bonds is 8. The maximum atomic E-state index is 12.3. The minimum atomic E-state index is -4.16. The van der Waals surface area contributed by atoms with E-state index >= 15 is 0 Å². The number of aliphatic imine (C=N–C) groups is 1. The lowest BCUT2D eigenvalue weighted by Crippen LogP contribution is -2.39. The number of guanidine groups is 1. The molecule has 5 nitrogen and oxygen atoms in total. The summed E-state index contributed by atoms with van der Waals surface area (Å²) < 4.78 is 40.0. The molecule has 0 aliphatic rings. The Hall–Kier alpha value is -1.22. The van der Waals surface area contributed by atoms with E-state index in [2.05, 4.69) is 26.2 Å². The van der Waals surface area contributed by atoms with Gasteiger partial charge in [0.05, 0.1) is 13.1 Å². The van der Waals surface area contributed by atoms with Crippen molar-refractivity contribution in [3.8, 4) is 0 Å². The van der Waals surface area contributed by atoms with Crippen molar-refractivity contribution in [3.05, 3.63) is 22.4 Å². The predicted octanol–water partition coefficient (Wildman–Crippen LogP) is 3.07. The second kappa shape index (κ2) is 10.1. The molecular weight excluding hydrogens is 399 g/mol. The number of alkyl halides is 3. The van der Waals surface area contributed by atoms with Crippen LogP contribution in [0.5, 0.6) is 0 Å². The van der Waals surface area contributed by atoms with Gasteiger partial charge in [-0.2, -0.15) is 13.2 Å². The lowest BCUT2D eigenvalue weighted by atomic mass is 10.4. The molecule has 1 heterocycles. The van der Waals surface area contributed by atoms with E-state index in [0.717, 1.165) is 22.7 Å². The van der Waals surface area contributed by atoms with E-state index < -0.39 is 12.7 Å². The molecule has 0 aliphatic carbocycles. The van der Waals surface area contributed by atoms with Gasteiger partial charge in [-0.05, 0) is 48.9 Å². The maximum Gasteiger partial charge on any atom is 0.401 e. The van der Waals surface area contributed by atoms with Crippen molar-refractivity contribution in [1.82, 2.24) is 19.7 Å². The summed E-state index contributed by atoms with van der Waals surface area (Å²) in [7, 11) is 5.40. The monoisotopic (exact) mass is 425 g/mol. The van der Waals surface area contributed by atoms with Crippen LogP contribution < -0.4 is 5.32 Å². The van der Waals surface area contributed by atoms with E-state index in [4.69, 9.17) is 0 Å². The molecule has 0 spiro atoms. The summed E-state index contributed by atoms with van der Waals surface area (Å²) >= 11 is 3.46. The predicted molar refractivity (Wildman–Crippen MR) is 98.7 cm³/mol. The van der Waals surface area contributed by atoms with Gasteiger partial charge in [0, 0.05) is 43.5 Å². The zero-order valence-electron chi connectivity index (χ0n) is 15.2. The van der Waals surface area contributed by atoms with E-state index in [-0.39, 0.29) is 0 Å². The van der Waals surface area contributed by atoms with Crippen molar-refractivity contribution in [2.75, 3.05) is 40.3 Å². The van der Waals surface area contributed by atoms with Gasteiger partial charge in [0.15, 0.2) is 5.96 Å². The van der Waals surface area contributed by atoms with Crippen LogP contribution in [0.3, 0.4) is 0 Å². The molecular formula is C16H27BrF3N5. The third kappa shape index (κ3) is 8.62. The first-order chi connectivity index (χ1) is 11.6. The van der Waals surface area contributed by atoms with Crippen LogP contribution in [-0.4, -0.2) is 66.8 Å². The van der Waals surface area contributed by atoms with E-state index in [9.17, 15) is 13.2 Å². The van der Waals surface area contributed by atoms with E-state index in [1.807, 2.05) is 42.7 Å². The second-order valence-corrected chi connectivity index (χ2v) is 6.97. The topological polar surface area (TPSA) is 35.8 Å². The average molecular weight is 426 g/mol. The van der Waals surface area contributed by atoms with Crippen LogP contribution in [0.15, 0.2) is 21.7 Å². The molecule has 0 amide bonds. The van der Waals surface area contributed by atoms with Crippen molar-refractivity contribution >= 4 is 21.9 Å². The number of aromatic nitrogens is 1. The SMILES string of the molecule is CCNC(=NCCCN(C)CC(F)(F)F)N(C)Cc1cc(Br)cn1C. The molecule has 0 unspecified atom stereocenters. The van der Waals surface area contributed by atoms with Crippen LogP contribution in [0.4, 0.5) is 13.2 Å². The third-order valence-electron chi connectivity index (χ3n) is 3.58. The summed E-state index contributed by atoms with van der Waals surface area (Å²) in [4.78, 5) is 7.79. The molecule has 1 aromatic heterocycles. The van der Waals surface area contributed by atoms with Crippen LogP contribution in [0.1, 0.15) is 19.0 Å². The molecule has 0 saturated heterocycles. The Labute approximate surface area is 156 Å². The molecule has 0 aliphatic heterocycles. The molecule has 0 aromatic carbocycles. The summed E-state index contributed by atoms with van der Waals surface area (Å²) in [5, 5.41) is 3.22. The Kier molecular flexibility index (Phi) is 8.78. The lowest BCUT2D eigenvalue weighted by molar-refractivity contribution is -0.143. The summed E-state index contributed by atoms with van der Waals surface area (Å²) in [6.07, 6.45) is -1.59.